The predicted octanol–water partition coefficient (Wildman–Crippen LogP) is 3.98. The van der Waals surface area contributed by atoms with Crippen LogP contribution in [0.4, 0.5) is 0 Å². The molecule has 0 bridgehead atoms. The van der Waals surface area contributed by atoms with Crippen LogP contribution >= 0.6 is 0 Å². The van der Waals surface area contributed by atoms with E-state index >= 15 is 0 Å². The largest absolute Gasteiger partial charge is 0.465 e. The Morgan fingerprint density at radius 3 is 2.39 bits per heavy atom. The van der Waals surface area contributed by atoms with Gasteiger partial charge in [0.05, 0.1) is 6.26 Å². The highest BCUT2D eigenvalue weighted by molar-refractivity contribution is 6.05. The number of nitrogens with one attached hydrogen (secondary N) is 2. The molecule has 0 atom stereocenters. The van der Waals surface area contributed by atoms with Crippen molar-refractivity contribution in [2.75, 3.05) is 0 Å². The lowest BCUT2D eigenvalue weighted by atomic mass is 10.1. The average molecular weight is 374 g/mol. The van der Waals surface area contributed by atoms with E-state index in [9.17, 15) is 9.59 Å². The van der Waals surface area contributed by atoms with Crippen molar-refractivity contribution in [3.05, 3.63) is 101 Å². The van der Waals surface area contributed by atoms with Gasteiger partial charge in [-0.2, -0.15) is 0 Å². The fraction of sp³-hybridized carbons (Fsp3) is 0.130. The number of furan rings is 1. The van der Waals surface area contributed by atoms with E-state index in [0.717, 1.165) is 16.7 Å². The highest BCUT2D eigenvalue weighted by Gasteiger charge is 2.16. The van der Waals surface area contributed by atoms with Gasteiger partial charge in [-0.25, -0.2) is 0 Å². The van der Waals surface area contributed by atoms with E-state index in [-0.39, 0.29) is 17.5 Å². The molecule has 3 aromatic rings. The molecule has 1 aromatic heterocycles. The number of rotatable bonds is 6. The Morgan fingerprint density at radius 1 is 0.964 bits per heavy atom. The molecular formula is C23H22N2O3. The van der Waals surface area contributed by atoms with Gasteiger partial charge in [-0.1, -0.05) is 48.0 Å². The smallest absolute Gasteiger partial charge is 0.268 e. The first-order chi connectivity index (χ1) is 13.5. The van der Waals surface area contributed by atoms with Gasteiger partial charge in [-0.3, -0.25) is 9.59 Å². The predicted molar refractivity (Wildman–Crippen MR) is 108 cm³/mol. The summed E-state index contributed by atoms with van der Waals surface area (Å²) < 4.78 is 5.29. The Bertz CT molecular complexity index is 987. The van der Waals surface area contributed by atoms with Crippen LogP contribution in [0.2, 0.25) is 0 Å². The molecule has 0 saturated heterocycles. The van der Waals surface area contributed by atoms with Crippen LogP contribution in [0.3, 0.4) is 0 Å². The molecule has 5 heteroatoms. The van der Waals surface area contributed by atoms with E-state index in [1.807, 2.05) is 50.2 Å². The summed E-state index contributed by atoms with van der Waals surface area (Å²) in [4.78, 5) is 25.4. The van der Waals surface area contributed by atoms with E-state index in [2.05, 4.69) is 10.6 Å². The van der Waals surface area contributed by atoms with Gasteiger partial charge in [-0.15, -0.1) is 0 Å². The minimum absolute atomic E-state index is 0.121. The third-order valence-electron chi connectivity index (χ3n) is 4.29. The van der Waals surface area contributed by atoms with Crippen molar-refractivity contribution in [3.63, 3.8) is 0 Å². The van der Waals surface area contributed by atoms with E-state index in [4.69, 9.17) is 4.42 Å². The molecule has 2 aromatic carbocycles. The third-order valence-corrected chi connectivity index (χ3v) is 4.29. The van der Waals surface area contributed by atoms with Gasteiger partial charge in [0.15, 0.2) is 0 Å². The van der Waals surface area contributed by atoms with Crippen LogP contribution in [0.15, 0.2) is 77.0 Å². The average Bonchev–Trinajstić information content (AvgIpc) is 3.20. The van der Waals surface area contributed by atoms with Crippen molar-refractivity contribution in [1.29, 1.82) is 0 Å². The van der Waals surface area contributed by atoms with Gasteiger partial charge in [-0.05, 0) is 43.2 Å². The third kappa shape index (κ3) is 4.98. The zero-order chi connectivity index (χ0) is 19.9. The van der Waals surface area contributed by atoms with E-state index in [1.54, 1.807) is 24.3 Å². The summed E-state index contributed by atoms with van der Waals surface area (Å²) in [7, 11) is 0. The first-order valence-electron chi connectivity index (χ1n) is 8.99. The number of amides is 2. The summed E-state index contributed by atoms with van der Waals surface area (Å²) in [5.41, 5.74) is 3.59. The Labute approximate surface area is 164 Å². The molecule has 2 amide bonds. The van der Waals surface area contributed by atoms with Crippen LogP contribution in [0.5, 0.6) is 0 Å². The molecule has 0 saturated carbocycles. The Morgan fingerprint density at radius 2 is 1.71 bits per heavy atom. The number of benzene rings is 2. The molecule has 1 heterocycles. The molecule has 5 nitrogen and oxygen atoms in total. The standard InChI is InChI=1S/C23H22N2O3/c1-16-9-11-18(12-10-16)15-24-23(27)21(14-19-7-5-13-28-19)25-22(26)20-8-4-3-6-17(20)2/h3-14H,15H2,1-2H3,(H,24,27)(H,25,26)/b21-14-. The molecule has 0 unspecified atom stereocenters. The molecule has 0 radical (unpaired) electrons. The van der Waals surface area contributed by atoms with Crippen LogP contribution in [0.25, 0.3) is 6.08 Å². The summed E-state index contributed by atoms with van der Waals surface area (Å²) in [5, 5.41) is 5.55. The minimum Gasteiger partial charge on any atom is -0.465 e. The first-order valence-corrected chi connectivity index (χ1v) is 8.99. The fourth-order valence-electron chi connectivity index (χ4n) is 2.67. The molecule has 2 N–H and O–H groups in total. The summed E-state index contributed by atoms with van der Waals surface area (Å²) in [6, 6.07) is 18.5. The maximum atomic E-state index is 12.7. The lowest BCUT2D eigenvalue weighted by molar-refractivity contribution is -0.117. The number of hydrogen-bond donors (Lipinski definition) is 2. The molecule has 28 heavy (non-hydrogen) atoms. The SMILES string of the molecule is Cc1ccc(CNC(=O)/C(=C/c2ccco2)NC(=O)c2ccccc2C)cc1. The number of hydrogen-bond acceptors (Lipinski definition) is 3. The van der Waals surface area contributed by atoms with Crippen molar-refractivity contribution in [2.24, 2.45) is 0 Å². The van der Waals surface area contributed by atoms with E-state index in [0.29, 0.717) is 17.9 Å². The quantitative estimate of drug-likeness (QED) is 0.641. The van der Waals surface area contributed by atoms with Crippen LogP contribution < -0.4 is 10.6 Å². The number of carbonyl (C=O) groups is 2. The molecule has 3 rings (SSSR count). The Hall–Kier alpha value is -3.60. The second-order valence-corrected chi connectivity index (χ2v) is 6.51. The van der Waals surface area contributed by atoms with Crippen LogP contribution in [-0.2, 0) is 11.3 Å². The van der Waals surface area contributed by atoms with Gasteiger partial charge in [0.25, 0.3) is 11.8 Å². The molecule has 0 aliphatic rings. The zero-order valence-corrected chi connectivity index (χ0v) is 15.9. The van der Waals surface area contributed by atoms with Crippen LogP contribution in [0.1, 0.15) is 32.8 Å². The first kappa shape index (κ1) is 19.2. The second-order valence-electron chi connectivity index (χ2n) is 6.51. The number of aryl methyl sites for hydroxylation is 2. The lowest BCUT2D eigenvalue weighted by Gasteiger charge is -2.12. The monoisotopic (exact) mass is 374 g/mol. The van der Waals surface area contributed by atoms with E-state index < -0.39 is 0 Å². The van der Waals surface area contributed by atoms with Crippen molar-refractivity contribution in [3.8, 4) is 0 Å². The Balaban J connectivity index is 1.77. The van der Waals surface area contributed by atoms with Gasteiger partial charge >= 0.3 is 0 Å². The van der Waals surface area contributed by atoms with Crippen molar-refractivity contribution in [1.82, 2.24) is 10.6 Å². The van der Waals surface area contributed by atoms with Crippen molar-refractivity contribution in [2.45, 2.75) is 20.4 Å². The summed E-state index contributed by atoms with van der Waals surface area (Å²) in [6.45, 7) is 4.21. The normalized spacial score (nSPS) is 11.1. The number of carbonyl (C=O) groups excluding carboxylic acids is 2. The summed E-state index contributed by atoms with van der Waals surface area (Å²) in [6.07, 6.45) is 3.03. The van der Waals surface area contributed by atoms with Gasteiger partial charge in [0.2, 0.25) is 0 Å². The van der Waals surface area contributed by atoms with Crippen LogP contribution in [0, 0.1) is 13.8 Å². The van der Waals surface area contributed by atoms with Crippen molar-refractivity contribution < 1.29 is 14.0 Å². The van der Waals surface area contributed by atoms with Gasteiger partial charge < -0.3 is 15.1 Å². The van der Waals surface area contributed by atoms with Crippen LogP contribution in [-0.4, -0.2) is 11.8 Å². The minimum atomic E-state index is -0.390. The highest BCUT2D eigenvalue weighted by atomic mass is 16.3. The molecule has 0 aliphatic carbocycles. The maximum Gasteiger partial charge on any atom is 0.268 e. The molecule has 142 valence electrons. The molecular weight excluding hydrogens is 352 g/mol. The van der Waals surface area contributed by atoms with Gasteiger partial charge in [0, 0.05) is 18.2 Å². The lowest BCUT2D eigenvalue weighted by Crippen LogP contribution is -2.34. The van der Waals surface area contributed by atoms with E-state index in [1.165, 1.54) is 12.3 Å². The second kappa shape index (κ2) is 8.86. The fourth-order valence-corrected chi connectivity index (χ4v) is 2.67. The highest BCUT2D eigenvalue weighted by Crippen LogP contribution is 2.11. The molecule has 0 aliphatic heterocycles. The summed E-state index contributed by atoms with van der Waals surface area (Å²) >= 11 is 0. The summed E-state index contributed by atoms with van der Waals surface area (Å²) in [5.74, 6) is -0.258. The Kier molecular flexibility index (Phi) is 6.07. The van der Waals surface area contributed by atoms with Gasteiger partial charge in [0.1, 0.15) is 11.5 Å². The zero-order valence-electron chi connectivity index (χ0n) is 15.9. The molecule has 0 spiro atoms. The maximum absolute atomic E-state index is 12.7. The van der Waals surface area contributed by atoms with Crippen molar-refractivity contribution >= 4 is 17.9 Å². The molecule has 0 fully saturated rings. The topological polar surface area (TPSA) is 71.3 Å².